The molecule has 0 radical (unpaired) electrons. The van der Waals surface area contributed by atoms with Gasteiger partial charge in [0.2, 0.25) is 23.3 Å². The van der Waals surface area contributed by atoms with Gasteiger partial charge in [-0.2, -0.15) is 31.3 Å². The van der Waals surface area contributed by atoms with E-state index in [0.717, 1.165) is 16.7 Å². The monoisotopic (exact) mass is 466 g/mol. The number of hydrogen-bond donors (Lipinski definition) is 1. The molecule has 5 nitrogen and oxygen atoms in total. The van der Waals surface area contributed by atoms with Crippen molar-refractivity contribution in [2.45, 2.75) is 31.8 Å². The van der Waals surface area contributed by atoms with Crippen LogP contribution in [0.4, 0.5) is 30.7 Å². The minimum atomic E-state index is -5.68. The number of guanidine groups is 1. The highest BCUT2D eigenvalue weighted by Gasteiger charge is 2.43. The summed E-state index contributed by atoms with van der Waals surface area (Å²) < 4.78 is 107. The van der Waals surface area contributed by atoms with Crippen molar-refractivity contribution in [3.05, 3.63) is 57.7 Å². The number of ether oxygens (including phenoxy) is 1. The summed E-state index contributed by atoms with van der Waals surface area (Å²) in [4.78, 5) is 4.10. The van der Waals surface area contributed by atoms with E-state index in [-0.39, 0.29) is 0 Å². The van der Waals surface area contributed by atoms with Crippen molar-refractivity contribution >= 4 is 22.9 Å². The zero-order valence-electron chi connectivity index (χ0n) is 16.0. The first-order valence-corrected chi connectivity index (χ1v) is 9.53. The number of nitrogens with zero attached hydrogens (tertiary/aromatic N) is 3. The van der Waals surface area contributed by atoms with Crippen LogP contribution in [-0.4, -0.2) is 12.0 Å². The van der Waals surface area contributed by atoms with Crippen molar-refractivity contribution in [2.75, 3.05) is 0 Å². The summed E-state index contributed by atoms with van der Waals surface area (Å²) >= 11 is 0. The van der Waals surface area contributed by atoms with Gasteiger partial charge in [0.05, 0.1) is 10.9 Å². The van der Waals surface area contributed by atoms with Gasteiger partial charge in [0.25, 0.3) is 0 Å². The van der Waals surface area contributed by atoms with Crippen LogP contribution in [0, 0.1) is 44.0 Å². The number of rotatable bonds is 2. The van der Waals surface area contributed by atoms with Crippen LogP contribution in [0.15, 0.2) is 30.8 Å². The zero-order chi connectivity index (χ0) is 23.2. The molecule has 2 N–H and O–H groups in total. The van der Waals surface area contributed by atoms with Gasteiger partial charge in [-0.25, -0.2) is 8.78 Å². The van der Waals surface area contributed by atoms with Gasteiger partial charge in [-0.15, -0.1) is 4.40 Å². The lowest BCUT2D eigenvalue weighted by Gasteiger charge is -2.16. The van der Waals surface area contributed by atoms with Crippen LogP contribution in [0.2, 0.25) is 0 Å². The highest BCUT2D eigenvalue weighted by molar-refractivity contribution is 7.86. The molecule has 0 bridgehead atoms. The first-order valence-electron chi connectivity index (χ1n) is 8.39. The Balaban J connectivity index is 2.10. The van der Waals surface area contributed by atoms with Gasteiger partial charge in [-0.05, 0) is 31.9 Å². The summed E-state index contributed by atoms with van der Waals surface area (Å²) in [7, 11) is -1.40. The van der Waals surface area contributed by atoms with Crippen molar-refractivity contribution in [1.82, 2.24) is 0 Å². The highest BCUT2D eigenvalue weighted by Crippen LogP contribution is 2.39. The van der Waals surface area contributed by atoms with E-state index in [1.165, 1.54) is 0 Å². The Kier molecular flexibility index (Phi) is 5.82. The largest absolute Gasteiger partial charge is 0.422 e. The minimum Gasteiger partial charge on any atom is -0.417 e. The molecule has 166 valence electrons. The van der Waals surface area contributed by atoms with Crippen LogP contribution in [0.3, 0.4) is 0 Å². The van der Waals surface area contributed by atoms with Crippen LogP contribution in [0.5, 0.6) is 5.75 Å². The average molecular weight is 466 g/mol. The molecule has 3 rings (SSSR count). The fourth-order valence-electron chi connectivity index (χ4n) is 2.95. The first-order chi connectivity index (χ1) is 14.3. The van der Waals surface area contributed by atoms with E-state index in [1.54, 1.807) is 13.8 Å². The molecule has 2 aromatic carbocycles. The van der Waals surface area contributed by atoms with E-state index in [4.69, 9.17) is 10.5 Å². The lowest BCUT2D eigenvalue weighted by atomic mass is 10.1. The van der Waals surface area contributed by atoms with Gasteiger partial charge in [-0.1, -0.05) is 17.7 Å². The second kappa shape index (κ2) is 7.94. The molecule has 2 aromatic rings. The molecule has 1 atom stereocenters. The third-order valence-electron chi connectivity index (χ3n) is 4.04. The van der Waals surface area contributed by atoms with Crippen LogP contribution in [0.25, 0.3) is 0 Å². The van der Waals surface area contributed by atoms with E-state index < -0.39 is 63.6 Å². The Labute approximate surface area is 173 Å². The molecule has 1 aliphatic rings. The van der Waals surface area contributed by atoms with Gasteiger partial charge in [0.1, 0.15) is 5.56 Å². The van der Waals surface area contributed by atoms with Crippen molar-refractivity contribution in [1.29, 1.82) is 0 Å². The van der Waals surface area contributed by atoms with E-state index >= 15 is 0 Å². The Morgan fingerprint density at radius 2 is 1.42 bits per heavy atom. The number of aliphatic imine (C=N–C) groups is 1. The van der Waals surface area contributed by atoms with E-state index in [1.807, 2.05) is 19.1 Å². The number of aryl methyl sites for hydroxylation is 3. The SMILES string of the molecule is Cc1cc(C)c(S2=NC(N)=NC(Oc3c(F)c(F)c(C(F)(F)F)c(F)c3F)=N2)c(C)c1. The summed E-state index contributed by atoms with van der Waals surface area (Å²) in [6.07, 6.45) is -5.68. The molecule has 1 unspecified atom stereocenters. The van der Waals surface area contributed by atoms with Gasteiger partial charge in [-0.3, -0.25) is 0 Å². The Morgan fingerprint density at radius 3 is 1.90 bits per heavy atom. The molecule has 0 amide bonds. The number of benzene rings is 2. The molecule has 0 aliphatic carbocycles. The smallest absolute Gasteiger partial charge is 0.417 e. The van der Waals surface area contributed by atoms with Gasteiger partial charge in [0.15, 0.2) is 11.6 Å². The van der Waals surface area contributed by atoms with E-state index in [0.29, 0.717) is 4.90 Å². The van der Waals surface area contributed by atoms with Gasteiger partial charge in [0, 0.05) is 4.90 Å². The molecule has 0 saturated heterocycles. The molecule has 1 aliphatic heterocycles. The lowest BCUT2D eigenvalue weighted by Crippen LogP contribution is -2.22. The summed E-state index contributed by atoms with van der Waals surface area (Å²) in [6.45, 7) is 5.38. The highest BCUT2D eigenvalue weighted by atomic mass is 32.2. The van der Waals surface area contributed by atoms with Crippen molar-refractivity contribution in [2.24, 2.45) is 19.5 Å². The summed E-state index contributed by atoms with van der Waals surface area (Å²) in [5.41, 5.74) is 5.34. The maximum atomic E-state index is 14.1. The van der Waals surface area contributed by atoms with Crippen molar-refractivity contribution < 1.29 is 35.5 Å². The molecule has 1 heterocycles. The predicted molar refractivity (Wildman–Crippen MR) is 99.7 cm³/mol. The van der Waals surface area contributed by atoms with Crippen LogP contribution in [-0.2, 0) is 17.1 Å². The third-order valence-corrected chi connectivity index (χ3v) is 5.74. The molecule has 0 spiro atoms. The number of nitrogens with two attached hydrogens (primary N) is 1. The fraction of sp³-hybridized carbons (Fsp3) is 0.222. The lowest BCUT2D eigenvalue weighted by molar-refractivity contribution is -0.143. The second-order valence-electron chi connectivity index (χ2n) is 6.49. The van der Waals surface area contributed by atoms with Crippen LogP contribution >= 0.6 is 0 Å². The summed E-state index contributed by atoms with van der Waals surface area (Å²) in [6, 6.07) is 2.82. The zero-order valence-corrected chi connectivity index (χ0v) is 16.9. The van der Waals surface area contributed by atoms with Crippen LogP contribution in [0.1, 0.15) is 22.3 Å². The first kappa shape index (κ1) is 22.7. The Morgan fingerprint density at radius 1 is 0.903 bits per heavy atom. The normalized spacial score (nSPS) is 16.5. The molecule has 13 heteroatoms. The summed E-state index contributed by atoms with van der Waals surface area (Å²) in [5, 5.41) is 0. The molecular formula is C18H13F7N4OS. The van der Waals surface area contributed by atoms with E-state index in [2.05, 4.69) is 13.8 Å². The standard InChI is InChI=1S/C18H13F7N4OS/c1-6-4-7(2)15(8(3)5-6)31-28-16(26)27-17(29-31)30-14-12(21)10(19)9(18(23,24)25)11(20)13(14)22/h4-5H,1-3H3,(H2,26,27,28,29). The quantitative estimate of drug-likeness (QED) is 0.498. The third kappa shape index (κ3) is 4.27. The van der Waals surface area contributed by atoms with Crippen LogP contribution < -0.4 is 10.5 Å². The summed E-state index contributed by atoms with van der Waals surface area (Å²) in [5.74, 6) is -12.3. The molecule has 0 saturated carbocycles. The molecule has 0 aromatic heterocycles. The maximum absolute atomic E-state index is 14.1. The molecule has 0 fully saturated rings. The van der Waals surface area contributed by atoms with Gasteiger partial charge < -0.3 is 10.5 Å². The Hall–Kier alpha value is -2.96. The van der Waals surface area contributed by atoms with Gasteiger partial charge >= 0.3 is 12.2 Å². The predicted octanol–water partition coefficient (Wildman–Crippen LogP) is 5.03. The molecular weight excluding hydrogens is 453 g/mol. The fourth-order valence-corrected chi connectivity index (χ4v) is 4.31. The number of alkyl halides is 3. The van der Waals surface area contributed by atoms with Crippen molar-refractivity contribution in [3.63, 3.8) is 0 Å². The Bertz CT molecular complexity index is 1140. The van der Waals surface area contributed by atoms with E-state index in [9.17, 15) is 30.7 Å². The average Bonchev–Trinajstić information content (AvgIpc) is 2.61. The second-order valence-corrected chi connectivity index (χ2v) is 7.79. The molecule has 31 heavy (non-hydrogen) atoms. The maximum Gasteiger partial charge on any atom is 0.422 e. The number of hydrogen-bond acceptors (Lipinski definition) is 5. The number of halogens is 7. The number of amidine groups is 1. The topological polar surface area (TPSA) is 72.3 Å². The van der Waals surface area contributed by atoms with Crippen molar-refractivity contribution in [3.8, 4) is 5.75 Å². The minimum absolute atomic E-state index is 0.415.